The number of aliphatic hydroxyl groups is 1. The van der Waals surface area contributed by atoms with Crippen LogP contribution in [0.15, 0.2) is 11.4 Å². The fourth-order valence-corrected chi connectivity index (χ4v) is 2.07. The molecule has 0 bridgehead atoms. The van der Waals surface area contributed by atoms with E-state index in [9.17, 15) is 0 Å². The van der Waals surface area contributed by atoms with Crippen molar-refractivity contribution < 1.29 is 5.11 Å². The maximum absolute atomic E-state index is 8.83. The van der Waals surface area contributed by atoms with Gasteiger partial charge in [-0.05, 0) is 36.3 Å². The van der Waals surface area contributed by atoms with E-state index in [0.29, 0.717) is 5.92 Å². The van der Waals surface area contributed by atoms with Crippen LogP contribution in [0.1, 0.15) is 17.4 Å². The van der Waals surface area contributed by atoms with Gasteiger partial charge in [0.05, 0.1) is 0 Å². The third-order valence-corrected chi connectivity index (χ3v) is 2.86. The number of rotatable bonds is 3. The molecule has 0 aromatic carbocycles. The molecule has 0 aliphatic heterocycles. The summed E-state index contributed by atoms with van der Waals surface area (Å²) in [5, 5.41) is 10.9. The molecule has 0 radical (unpaired) electrons. The number of hydrogen-bond acceptors (Lipinski definition) is 2. The highest BCUT2D eigenvalue weighted by Crippen LogP contribution is 2.19. The first-order valence-corrected chi connectivity index (χ1v) is 4.76. The Morgan fingerprint density at radius 3 is 2.82 bits per heavy atom. The fourth-order valence-electron chi connectivity index (χ4n) is 0.994. The molecule has 1 unspecified atom stereocenters. The predicted molar refractivity (Wildman–Crippen MR) is 49.0 cm³/mol. The standard InChI is InChI=1S/C9H14OS/c1-7(6-10)5-9-8(2)3-4-11-9/h3-4,7,10H,5-6H2,1-2H3. The van der Waals surface area contributed by atoms with Crippen molar-refractivity contribution in [2.24, 2.45) is 5.92 Å². The van der Waals surface area contributed by atoms with Crippen molar-refractivity contribution in [1.82, 2.24) is 0 Å². The van der Waals surface area contributed by atoms with Gasteiger partial charge in [0.15, 0.2) is 0 Å². The molecule has 0 spiro atoms. The molecule has 1 aromatic heterocycles. The van der Waals surface area contributed by atoms with Gasteiger partial charge in [-0.1, -0.05) is 6.92 Å². The van der Waals surface area contributed by atoms with Crippen molar-refractivity contribution >= 4 is 11.3 Å². The Kier molecular flexibility index (Phi) is 3.09. The van der Waals surface area contributed by atoms with Gasteiger partial charge in [0.25, 0.3) is 0 Å². The Labute approximate surface area is 71.7 Å². The molecule has 2 heteroatoms. The normalized spacial score (nSPS) is 13.4. The maximum Gasteiger partial charge on any atom is 0.0460 e. The predicted octanol–water partition coefficient (Wildman–Crippen LogP) is 2.23. The molecule has 0 fully saturated rings. The van der Waals surface area contributed by atoms with E-state index in [0.717, 1.165) is 6.42 Å². The molecule has 1 heterocycles. The largest absolute Gasteiger partial charge is 0.396 e. The van der Waals surface area contributed by atoms with E-state index in [1.807, 2.05) is 0 Å². The summed E-state index contributed by atoms with van der Waals surface area (Å²) in [5.41, 5.74) is 1.36. The minimum absolute atomic E-state index is 0.289. The Hall–Kier alpha value is -0.340. The highest BCUT2D eigenvalue weighted by molar-refractivity contribution is 7.10. The first-order valence-electron chi connectivity index (χ1n) is 3.88. The summed E-state index contributed by atoms with van der Waals surface area (Å²) < 4.78 is 0. The molecule has 62 valence electrons. The summed E-state index contributed by atoms with van der Waals surface area (Å²) >= 11 is 1.78. The lowest BCUT2D eigenvalue weighted by atomic mass is 10.1. The molecule has 0 aliphatic rings. The fraction of sp³-hybridized carbons (Fsp3) is 0.556. The van der Waals surface area contributed by atoms with Gasteiger partial charge in [-0.2, -0.15) is 0 Å². The number of hydrogen-bond donors (Lipinski definition) is 1. The average molecular weight is 170 g/mol. The van der Waals surface area contributed by atoms with Crippen LogP contribution < -0.4 is 0 Å². The van der Waals surface area contributed by atoms with E-state index in [1.165, 1.54) is 10.4 Å². The first kappa shape index (κ1) is 8.75. The van der Waals surface area contributed by atoms with Crippen molar-refractivity contribution in [3.63, 3.8) is 0 Å². The topological polar surface area (TPSA) is 20.2 Å². The van der Waals surface area contributed by atoms with Gasteiger partial charge < -0.3 is 5.11 Å². The highest BCUT2D eigenvalue weighted by atomic mass is 32.1. The van der Waals surface area contributed by atoms with E-state index < -0.39 is 0 Å². The van der Waals surface area contributed by atoms with Gasteiger partial charge in [-0.25, -0.2) is 0 Å². The Balaban J connectivity index is 2.56. The molecule has 1 aromatic rings. The van der Waals surface area contributed by atoms with Gasteiger partial charge in [0, 0.05) is 11.5 Å². The van der Waals surface area contributed by atoms with Crippen molar-refractivity contribution in [1.29, 1.82) is 0 Å². The summed E-state index contributed by atoms with van der Waals surface area (Å²) in [6.45, 7) is 4.48. The number of aliphatic hydroxyl groups excluding tert-OH is 1. The van der Waals surface area contributed by atoms with Crippen LogP contribution in [0.3, 0.4) is 0 Å². The van der Waals surface area contributed by atoms with Crippen LogP contribution in [0.5, 0.6) is 0 Å². The summed E-state index contributed by atoms with van der Waals surface area (Å²) in [7, 11) is 0. The van der Waals surface area contributed by atoms with Gasteiger partial charge in [0.2, 0.25) is 0 Å². The second-order valence-electron chi connectivity index (χ2n) is 3.02. The minimum atomic E-state index is 0.289. The van der Waals surface area contributed by atoms with E-state index in [-0.39, 0.29) is 6.61 Å². The summed E-state index contributed by atoms with van der Waals surface area (Å²) in [6, 6.07) is 2.13. The van der Waals surface area contributed by atoms with Crippen LogP contribution in [0, 0.1) is 12.8 Å². The van der Waals surface area contributed by atoms with Crippen LogP contribution in [-0.4, -0.2) is 11.7 Å². The lowest BCUT2D eigenvalue weighted by Crippen LogP contribution is -2.03. The third kappa shape index (κ3) is 2.31. The van der Waals surface area contributed by atoms with Crippen molar-refractivity contribution in [3.05, 3.63) is 21.9 Å². The summed E-state index contributed by atoms with van der Waals surface area (Å²) in [4.78, 5) is 1.41. The molecule has 1 nitrogen and oxygen atoms in total. The Morgan fingerprint density at radius 1 is 1.64 bits per heavy atom. The lowest BCUT2D eigenvalue weighted by molar-refractivity contribution is 0.237. The van der Waals surface area contributed by atoms with E-state index >= 15 is 0 Å². The van der Waals surface area contributed by atoms with Crippen molar-refractivity contribution in [2.45, 2.75) is 20.3 Å². The molecule has 1 rings (SSSR count). The van der Waals surface area contributed by atoms with Crippen LogP contribution in [0.25, 0.3) is 0 Å². The SMILES string of the molecule is Cc1ccsc1CC(C)CO. The van der Waals surface area contributed by atoms with Crippen LogP contribution in [-0.2, 0) is 6.42 Å². The third-order valence-electron chi connectivity index (χ3n) is 1.81. The zero-order valence-electron chi connectivity index (χ0n) is 7.00. The van der Waals surface area contributed by atoms with Crippen LogP contribution in [0.2, 0.25) is 0 Å². The zero-order valence-corrected chi connectivity index (χ0v) is 7.82. The van der Waals surface area contributed by atoms with E-state index in [1.54, 1.807) is 11.3 Å². The maximum atomic E-state index is 8.83. The summed E-state index contributed by atoms with van der Waals surface area (Å²) in [5.74, 6) is 0.396. The number of thiophene rings is 1. The van der Waals surface area contributed by atoms with Gasteiger partial charge in [0.1, 0.15) is 0 Å². The molecule has 0 saturated carbocycles. The molecule has 0 saturated heterocycles. The first-order chi connectivity index (χ1) is 5.24. The molecule has 0 aliphatic carbocycles. The molecule has 1 N–H and O–H groups in total. The second-order valence-corrected chi connectivity index (χ2v) is 4.02. The average Bonchev–Trinajstić information content (AvgIpc) is 2.37. The van der Waals surface area contributed by atoms with Crippen LogP contribution in [0.4, 0.5) is 0 Å². The van der Waals surface area contributed by atoms with Gasteiger partial charge >= 0.3 is 0 Å². The van der Waals surface area contributed by atoms with Gasteiger partial charge in [-0.15, -0.1) is 11.3 Å². The second kappa shape index (κ2) is 3.88. The van der Waals surface area contributed by atoms with E-state index in [2.05, 4.69) is 25.3 Å². The monoisotopic (exact) mass is 170 g/mol. The molecule has 11 heavy (non-hydrogen) atoms. The number of aryl methyl sites for hydroxylation is 1. The Bertz CT molecular complexity index is 217. The molecular weight excluding hydrogens is 156 g/mol. The van der Waals surface area contributed by atoms with Gasteiger partial charge in [-0.3, -0.25) is 0 Å². The van der Waals surface area contributed by atoms with E-state index in [4.69, 9.17) is 5.11 Å². The Morgan fingerprint density at radius 2 is 2.36 bits per heavy atom. The molecule has 1 atom stereocenters. The highest BCUT2D eigenvalue weighted by Gasteiger charge is 2.04. The lowest BCUT2D eigenvalue weighted by Gasteiger charge is -2.05. The minimum Gasteiger partial charge on any atom is -0.396 e. The quantitative estimate of drug-likeness (QED) is 0.737. The zero-order chi connectivity index (χ0) is 8.27. The molecule has 0 amide bonds. The van der Waals surface area contributed by atoms with Crippen molar-refractivity contribution in [3.8, 4) is 0 Å². The van der Waals surface area contributed by atoms with Crippen LogP contribution >= 0.6 is 11.3 Å². The smallest absolute Gasteiger partial charge is 0.0460 e. The molecular formula is C9H14OS. The summed E-state index contributed by atoms with van der Waals surface area (Å²) in [6.07, 6.45) is 1.01. The van der Waals surface area contributed by atoms with Crippen molar-refractivity contribution in [2.75, 3.05) is 6.61 Å².